The summed E-state index contributed by atoms with van der Waals surface area (Å²) in [5.41, 5.74) is 7.88. The van der Waals surface area contributed by atoms with Crippen LogP contribution >= 0.6 is 15.9 Å². The van der Waals surface area contributed by atoms with Gasteiger partial charge in [0.2, 0.25) is 0 Å². The van der Waals surface area contributed by atoms with E-state index in [9.17, 15) is 0 Å². The van der Waals surface area contributed by atoms with Crippen molar-refractivity contribution in [3.05, 3.63) is 28.2 Å². The lowest BCUT2D eigenvalue weighted by Crippen LogP contribution is -1.95. The average molecular weight is 214 g/mol. The number of rotatable bonds is 1. The van der Waals surface area contributed by atoms with Crippen LogP contribution in [0.5, 0.6) is 0 Å². The molecule has 0 heterocycles. The second-order valence-corrected chi connectivity index (χ2v) is 3.84. The maximum absolute atomic E-state index is 5.79. The van der Waals surface area contributed by atoms with Gasteiger partial charge in [-0.05, 0) is 23.6 Å². The largest absolute Gasteiger partial charge is 0.398 e. The van der Waals surface area contributed by atoms with Crippen molar-refractivity contribution in [1.82, 2.24) is 0 Å². The van der Waals surface area contributed by atoms with Gasteiger partial charge in [-0.25, -0.2) is 0 Å². The van der Waals surface area contributed by atoms with Gasteiger partial charge in [0.05, 0.1) is 0 Å². The number of halogens is 1. The molecule has 0 unspecified atom stereocenters. The molecule has 0 aliphatic heterocycles. The van der Waals surface area contributed by atoms with Crippen molar-refractivity contribution in [1.29, 1.82) is 0 Å². The molecular formula is C9H12BrN. The van der Waals surface area contributed by atoms with E-state index in [4.69, 9.17) is 5.73 Å². The highest BCUT2D eigenvalue weighted by molar-refractivity contribution is 9.10. The summed E-state index contributed by atoms with van der Waals surface area (Å²) in [4.78, 5) is 0. The van der Waals surface area contributed by atoms with Gasteiger partial charge in [0, 0.05) is 10.2 Å². The Morgan fingerprint density at radius 2 is 2.00 bits per heavy atom. The van der Waals surface area contributed by atoms with Gasteiger partial charge in [-0.15, -0.1) is 0 Å². The molecule has 0 aliphatic rings. The summed E-state index contributed by atoms with van der Waals surface area (Å²) in [6.45, 7) is 4.28. The Bertz CT molecular complexity index is 256. The first-order valence-corrected chi connectivity index (χ1v) is 4.45. The van der Waals surface area contributed by atoms with Crippen molar-refractivity contribution in [2.75, 3.05) is 5.73 Å². The lowest BCUT2D eigenvalue weighted by molar-refractivity contribution is 0.869. The number of benzene rings is 1. The average Bonchev–Trinajstić information content (AvgIpc) is 1.85. The van der Waals surface area contributed by atoms with E-state index in [2.05, 4.69) is 35.8 Å². The lowest BCUT2D eigenvalue weighted by Gasteiger charge is -2.08. The van der Waals surface area contributed by atoms with Gasteiger partial charge in [0.25, 0.3) is 0 Å². The van der Waals surface area contributed by atoms with Crippen LogP contribution in [-0.2, 0) is 0 Å². The Balaban J connectivity index is 3.09. The van der Waals surface area contributed by atoms with Crippen LogP contribution in [0.25, 0.3) is 0 Å². The van der Waals surface area contributed by atoms with Crippen molar-refractivity contribution in [3.8, 4) is 0 Å². The molecule has 1 aromatic rings. The second kappa shape index (κ2) is 3.26. The van der Waals surface area contributed by atoms with Crippen molar-refractivity contribution in [3.63, 3.8) is 0 Å². The van der Waals surface area contributed by atoms with Gasteiger partial charge >= 0.3 is 0 Å². The van der Waals surface area contributed by atoms with Gasteiger partial charge in [-0.1, -0.05) is 35.8 Å². The maximum Gasteiger partial charge on any atom is 0.0360 e. The summed E-state index contributed by atoms with van der Waals surface area (Å²) in [5.74, 6) is 0.503. The Labute approximate surface area is 75.7 Å². The minimum absolute atomic E-state index is 0.503. The molecule has 0 bridgehead atoms. The fourth-order valence-corrected chi connectivity index (χ4v) is 1.45. The molecule has 0 radical (unpaired) electrons. The Morgan fingerprint density at radius 3 is 2.45 bits per heavy atom. The SMILES string of the molecule is CC(C)c1ccc(Br)cc1N. The smallest absolute Gasteiger partial charge is 0.0360 e. The number of nitrogen functional groups attached to an aromatic ring is 1. The lowest BCUT2D eigenvalue weighted by atomic mass is 10.0. The van der Waals surface area contributed by atoms with Crippen LogP contribution in [0.3, 0.4) is 0 Å². The van der Waals surface area contributed by atoms with Crippen molar-refractivity contribution in [2.24, 2.45) is 0 Å². The maximum atomic E-state index is 5.79. The van der Waals surface area contributed by atoms with Crippen LogP contribution in [0.1, 0.15) is 25.3 Å². The van der Waals surface area contributed by atoms with Crippen LogP contribution in [0.4, 0.5) is 5.69 Å². The number of hydrogen-bond donors (Lipinski definition) is 1. The van der Waals surface area contributed by atoms with Gasteiger partial charge in [-0.2, -0.15) is 0 Å². The molecule has 0 fully saturated rings. The summed E-state index contributed by atoms with van der Waals surface area (Å²) in [6, 6.07) is 6.02. The van der Waals surface area contributed by atoms with Crippen molar-refractivity contribution >= 4 is 21.6 Å². The molecule has 11 heavy (non-hydrogen) atoms. The van der Waals surface area contributed by atoms with Crippen LogP contribution < -0.4 is 5.73 Å². The fraction of sp³-hybridized carbons (Fsp3) is 0.333. The van der Waals surface area contributed by atoms with Crippen LogP contribution in [-0.4, -0.2) is 0 Å². The third kappa shape index (κ3) is 1.96. The van der Waals surface area contributed by atoms with E-state index in [1.165, 1.54) is 5.56 Å². The highest BCUT2D eigenvalue weighted by Gasteiger charge is 2.02. The van der Waals surface area contributed by atoms with E-state index in [0.717, 1.165) is 10.2 Å². The minimum Gasteiger partial charge on any atom is -0.398 e. The highest BCUT2D eigenvalue weighted by atomic mass is 79.9. The molecule has 2 heteroatoms. The molecule has 2 N–H and O–H groups in total. The first-order chi connectivity index (χ1) is 5.11. The first kappa shape index (κ1) is 8.60. The van der Waals surface area contributed by atoms with Crippen LogP contribution in [0.2, 0.25) is 0 Å². The molecule has 0 saturated heterocycles. The van der Waals surface area contributed by atoms with Crippen molar-refractivity contribution in [2.45, 2.75) is 19.8 Å². The van der Waals surface area contributed by atoms with E-state index < -0.39 is 0 Å². The highest BCUT2D eigenvalue weighted by Crippen LogP contribution is 2.24. The number of hydrogen-bond acceptors (Lipinski definition) is 1. The van der Waals surface area contributed by atoms with Crippen LogP contribution in [0.15, 0.2) is 22.7 Å². The molecule has 1 aromatic carbocycles. The zero-order chi connectivity index (χ0) is 8.43. The summed E-state index contributed by atoms with van der Waals surface area (Å²) in [6.07, 6.45) is 0. The molecule has 60 valence electrons. The number of nitrogens with two attached hydrogens (primary N) is 1. The zero-order valence-electron chi connectivity index (χ0n) is 6.76. The van der Waals surface area contributed by atoms with Crippen LogP contribution in [0, 0.1) is 0 Å². The molecular weight excluding hydrogens is 202 g/mol. The Kier molecular flexibility index (Phi) is 2.55. The third-order valence-electron chi connectivity index (χ3n) is 1.67. The van der Waals surface area contributed by atoms with Gasteiger partial charge in [0.15, 0.2) is 0 Å². The number of anilines is 1. The molecule has 1 rings (SSSR count). The van der Waals surface area contributed by atoms with Gasteiger partial charge < -0.3 is 5.73 Å². The molecule has 0 atom stereocenters. The van der Waals surface area contributed by atoms with E-state index in [1.54, 1.807) is 0 Å². The summed E-state index contributed by atoms with van der Waals surface area (Å²) >= 11 is 3.37. The predicted octanol–water partition coefficient (Wildman–Crippen LogP) is 3.15. The third-order valence-corrected chi connectivity index (χ3v) is 2.16. The van der Waals surface area contributed by atoms with Gasteiger partial charge in [0.1, 0.15) is 0 Å². The summed E-state index contributed by atoms with van der Waals surface area (Å²) < 4.78 is 1.04. The summed E-state index contributed by atoms with van der Waals surface area (Å²) in [5, 5.41) is 0. The van der Waals surface area contributed by atoms with E-state index in [1.807, 2.05) is 12.1 Å². The molecule has 0 amide bonds. The molecule has 0 aromatic heterocycles. The fourth-order valence-electron chi connectivity index (χ4n) is 1.07. The van der Waals surface area contributed by atoms with E-state index in [0.29, 0.717) is 5.92 Å². The Morgan fingerprint density at radius 1 is 1.36 bits per heavy atom. The predicted molar refractivity (Wildman–Crippen MR) is 52.6 cm³/mol. The quantitative estimate of drug-likeness (QED) is 0.714. The van der Waals surface area contributed by atoms with E-state index in [-0.39, 0.29) is 0 Å². The second-order valence-electron chi connectivity index (χ2n) is 2.93. The zero-order valence-corrected chi connectivity index (χ0v) is 8.35. The monoisotopic (exact) mass is 213 g/mol. The minimum atomic E-state index is 0.503. The molecule has 0 spiro atoms. The standard InChI is InChI=1S/C9H12BrN/c1-6(2)8-4-3-7(10)5-9(8)11/h3-6H,11H2,1-2H3. The normalized spacial score (nSPS) is 10.5. The van der Waals surface area contributed by atoms with Crippen molar-refractivity contribution < 1.29 is 0 Å². The van der Waals surface area contributed by atoms with E-state index >= 15 is 0 Å². The molecule has 1 nitrogen and oxygen atoms in total. The van der Waals surface area contributed by atoms with Gasteiger partial charge in [-0.3, -0.25) is 0 Å². The topological polar surface area (TPSA) is 26.0 Å². The molecule has 0 saturated carbocycles. The summed E-state index contributed by atoms with van der Waals surface area (Å²) in [7, 11) is 0. The Hall–Kier alpha value is -0.500. The molecule has 0 aliphatic carbocycles. The first-order valence-electron chi connectivity index (χ1n) is 3.66.